The van der Waals surface area contributed by atoms with Crippen LogP contribution in [0.25, 0.3) is 0 Å². The first-order chi connectivity index (χ1) is 17.8. The van der Waals surface area contributed by atoms with Crippen LogP contribution in [0.15, 0.2) is 76.4 Å². The van der Waals surface area contributed by atoms with Crippen molar-refractivity contribution in [1.29, 1.82) is 0 Å². The van der Waals surface area contributed by atoms with Crippen molar-refractivity contribution in [3.63, 3.8) is 0 Å². The van der Waals surface area contributed by atoms with Crippen LogP contribution in [-0.2, 0) is 24.4 Å². The summed E-state index contributed by atoms with van der Waals surface area (Å²) in [6.45, 7) is 1.83. The average molecular weight is 502 g/mol. The predicted octanol–water partition coefficient (Wildman–Crippen LogP) is 2.06. The number of anilines is 3. The van der Waals surface area contributed by atoms with Gasteiger partial charge in [-0.3, -0.25) is 9.36 Å². The molecule has 0 bridgehead atoms. The number of rotatable bonds is 9. The highest BCUT2D eigenvalue weighted by Crippen LogP contribution is 2.14. The molecule has 4 rings (SSSR count). The van der Waals surface area contributed by atoms with Gasteiger partial charge in [0.15, 0.2) is 0 Å². The van der Waals surface area contributed by atoms with E-state index in [0.29, 0.717) is 22.8 Å². The van der Waals surface area contributed by atoms with Gasteiger partial charge in [0.05, 0.1) is 20.2 Å². The Morgan fingerprint density at radius 3 is 2.24 bits per heavy atom. The highest BCUT2D eigenvalue weighted by Gasteiger charge is 2.15. The van der Waals surface area contributed by atoms with E-state index in [1.54, 1.807) is 74.0 Å². The summed E-state index contributed by atoms with van der Waals surface area (Å²) < 4.78 is 7.65. The summed E-state index contributed by atoms with van der Waals surface area (Å²) in [7, 11) is 1.57. The lowest BCUT2D eigenvalue weighted by atomic mass is 10.2. The molecule has 0 saturated heterocycles. The van der Waals surface area contributed by atoms with Crippen molar-refractivity contribution in [1.82, 2.24) is 19.1 Å². The van der Waals surface area contributed by atoms with Crippen LogP contribution in [0.5, 0.6) is 5.75 Å². The predicted molar refractivity (Wildman–Crippen MR) is 141 cm³/mol. The fraction of sp³-hybridized carbons (Fsp3) is 0.192. The van der Waals surface area contributed by atoms with Crippen LogP contribution in [0.1, 0.15) is 23.6 Å². The molecule has 1 amide bonds. The van der Waals surface area contributed by atoms with Crippen molar-refractivity contribution in [3.05, 3.63) is 105 Å². The summed E-state index contributed by atoms with van der Waals surface area (Å²) in [6.07, 6.45) is 1.58. The summed E-state index contributed by atoms with van der Waals surface area (Å²) in [5.74, 6) is 0.934. The number of nitrogen functional groups attached to an aromatic ring is 1. The number of methoxy groups -OCH3 is 1. The van der Waals surface area contributed by atoms with E-state index in [2.05, 4.69) is 20.6 Å². The molecular weight excluding hydrogens is 474 g/mol. The minimum atomic E-state index is -0.681. The number of hydrogen-bond donors (Lipinski definition) is 3. The van der Waals surface area contributed by atoms with Crippen molar-refractivity contribution in [2.45, 2.75) is 26.6 Å². The number of pyridine rings is 1. The van der Waals surface area contributed by atoms with Crippen LogP contribution >= 0.6 is 0 Å². The Morgan fingerprint density at radius 2 is 1.62 bits per heavy atom. The second-order valence-corrected chi connectivity index (χ2v) is 8.30. The molecule has 0 fully saturated rings. The Hall–Kier alpha value is -4.93. The number of nitrogens with zero attached hydrogens (tertiary/aromatic N) is 4. The third-order valence-electron chi connectivity index (χ3n) is 5.63. The molecule has 2 heterocycles. The maximum absolute atomic E-state index is 13.6. The lowest BCUT2D eigenvalue weighted by Gasteiger charge is -2.16. The molecule has 0 aliphatic carbocycles. The van der Waals surface area contributed by atoms with Gasteiger partial charge in [-0.05, 0) is 41.5 Å². The SMILES string of the molecule is COc1ccc(Cn2c(=O)nc(NCc3cccnc3N)n(Cc3ccc(NC(C)=O)cc3)c2=O)cc1. The molecule has 2 aromatic carbocycles. The largest absolute Gasteiger partial charge is 0.497 e. The number of nitrogens with one attached hydrogen (secondary N) is 2. The number of amides is 1. The van der Waals surface area contributed by atoms with Gasteiger partial charge in [0.2, 0.25) is 11.9 Å². The molecule has 0 spiro atoms. The monoisotopic (exact) mass is 501 g/mol. The molecule has 0 radical (unpaired) electrons. The fourth-order valence-corrected chi connectivity index (χ4v) is 3.71. The van der Waals surface area contributed by atoms with Crippen LogP contribution < -0.4 is 32.5 Å². The highest BCUT2D eigenvalue weighted by atomic mass is 16.5. The van der Waals surface area contributed by atoms with E-state index in [0.717, 1.165) is 15.7 Å². The van der Waals surface area contributed by atoms with Crippen molar-refractivity contribution >= 4 is 23.4 Å². The number of benzene rings is 2. The quantitative estimate of drug-likeness (QED) is 0.316. The molecule has 0 aliphatic rings. The molecule has 190 valence electrons. The lowest BCUT2D eigenvalue weighted by Crippen LogP contribution is -2.43. The van der Waals surface area contributed by atoms with Crippen LogP contribution in [0.4, 0.5) is 17.5 Å². The van der Waals surface area contributed by atoms with Gasteiger partial charge in [-0.2, -0.15) is 4.98 Å². The summed E-state index contributed by atoms with van der Waals surface area (Å²) in [5, 5.41) is 5.77. The summed E-state index contributed by atoms with van der Waals surface area (Å²) in [6, 6.07) is 17.7. The van der Waals surface area contributed by atoms with Gasteiger partial charge >= 0.3 is 11.4 Å². The Labute approximate surface area is 212 Å². The van der Waals surface area contributed by atoms with Crippen molar-refractivity contribution in [2.24, 2.45) is 0 Å². The first-order valence-corrected chi connectivity index (χ1v) is 11.5. The maximum atomic E-state index is 13.6. The van der Waals surface area contributed by atoms with Gasteiger partial charge in [-0.25, -0.2) is 19.1 Å². The summed E-state index contributed by atoms with van der Waals surface area (Å²) >= 11 is 0. The first kappa shape index (κ1) is 25.2. The van der Waals surface area contributed by atoms with Crippen molar-refractivity contribution < 1.29 is 9.53 Å². The van der Waals surface area contributed by atoms with E-state index in [4.69, 9.17) is 10.5 Å². The topological polar surface area (TPSA) is 146 Å². The average Bonchev–Trinajstić information content (AvgIpc) is 2.89. The molecule has 0 atom stereocenters. The number of nitrogens with two attached hydrogens (primary N) is 1. The van der Waals surface area contributed by atoms with Gasteiger partial charge in [0, 0.05) is 30.9 Å². The summed E-state index contributed by atoms with van der Waals surface area (Å²) in [5.41, 5.74) is 7.59. The lowest BCUT2D eigenvalue weighted by molar-refractivity contribution is -0.114. The standard InChI is InChI=1S/C26H27N7O4/c1-17(34)30-21-9-5-18(6-10-21)15-32-24(29-14-20-4-3-13-28-23(20)27)31-25(35)33(26(32)36)16-19-7-11-22(37-2)12-8-19/h3-13H,14-16H2,1-2H3,(H2,27,28)(H,30,34)(H,29,31,35). The third kappa shape index (κ3) is 6.20. The first-order valence-electron chi connectivity index (χ1n) is 11.5. The van der Waals surface area contributed by atoms with Crippen molar-refractivity contribution in [3.8, 4) is 5.75 Å². The molecule has 0 unspecified atom stereocenters. The Balaban J connectivity index is 1.69. The Morgan fingerprint density at radius 1 is 0.973 bits per heavy atom. The van der Waals surface area contributed by atoms with E-state index in [1.165, 1.54) is 11.5 Å². The number of hydrogen-bond acceptors (Lipinski definition) is 8. The number of aromatic nitrogens is 4. The van der Waals surface area contributed by atoms with Crippen LogP contribution in [0.2, 0.25) is 0 Å². The Kier molecular flexibility index (Phi) is 7.62. The zero-order chi connectivity index (χ0) is 26.4. The zero-order valence-corrected chi connectivity index (χ0v) is 20.5. The van der Waals surface area contributed by atoms with E-state index >= 15 is 0 Å². The number of carbonyl (C=O) groups is 1. The molecule has 11 heteroatoms. The Bertz CT molecular complexity index is 1510. The van der Waals surface area contributed by atoms with E-state index in [-0.39, 0.29) is 31.5 Å². The van der Waals surface area contributed by atoms with Crippen LogP contribution in [0, 0.1) is 0 Å². The van der Waals surface area contributed by atoms with Gasteiger partial charge < -0.3 is 21.1 Å². The smallest absolute Gasteiger partial charge is 0.355 e. The fourth-order valence-electron chi connectivity index (χ4n) is 3.71. The van der Waals surface area contributed by atoms with Gasteiger partial charge in [-0.1, -0.05) is 30.3 Å². The van der Waals surface area contributed by atoms with Crippen LogP contribution in [-0.4, -0.2) is 32.1 Å². The highest BCUT2D eigenvalue weighted by molar-refractivity contribution is 5.88. The van der Waals surface area contributed by atoms with E-state index in [1.807, 2.05) is 0 Å². The summed E-state index contributed by atoms with van der Waals surface area (Å²) in [4.78, 5) is 46.0. The molecule has 37 heavy (non-hydrogen) atoms. The van der Waals surface area contributed by atoms with Crippen LogP contribution in [0.3, 0.4) is 0 Å². The number of carbonyl (C=O) groups excluding carboxylic acids is 1. The maximum Gasteiger partial charge on any atom is 0.355 e. The molecular formula is C26H27N7O4. The van der Waals surface area contributed by atoms with E-state index < -0.39 is 11.4 Å². The normalized spacial score (nSPS) is 10.6. The van der Waals surface area contributed by atoms with Crippen molar-refractivity contribution in [2.75, 3.05) is 23.5 Å². The third-order valence-corrected chi connectivity index (χ3v) is 5.63. The number of ether oxygens (including phenoxy) is 1. The molecule has 0 aliphatic heterocycles. The molecule has 2 aromatic heterocycles. The minimum Gasteiger partial charge on any atom is -0.497 e. The molecule has 11 nitrogen and oxygen atoms in total. The second kappa shape index (κ2) is 11.2. The van der Waals surface area contributed by atoms with Gasteiger partial charge in [0.1, 0.15) is 11.6 Å². The molecule has 4 N–H and O–H groups in total. The zero-order valence-electron chi connectivity index (χ0n) is 20.5. The van der Waals surface area contributed by atoms with Gasteiger partial charge in [0.25, 0.3) is 0 Å². The molecule has 4 aromatic rings. The molecule has 0 saturated carbocycles. The van der Waals surface area contributed by atoms with E-state index in [9.17, 15) is 14.4 Å². The van der Waals surface area contributed by atoms with Gasteiger partial charge in [-0.15, -0.1) is 0 Å². The minimum absolute atomic E-state index is 0.0476. The second-order valence-electron chi connectivity index (χ2n) is 8.30.